The molecule has 2 atom stereocenters. The average molecular weight is 219 g/mol. The van der Waals surface area contributed by atoms with Crippen LogP contribution in [-0.4, -0.2) is 11.2 Å². The van der Waals surface area contributed by atoms with Crippen molar-refractivity contribution < 1.29 is 5.11 Å². The molecule has 1 aromatic carbocycles. The highest BCUT2D eigenvalue weighted by molar-refractivity contribution is 6.30. The van der Waals surface area contributed by atoms with Crippen LogP contribution >= 0.6 is 23.2 Å². The SMILES string of the molecule is CCC(O)C(Cl)c1ccc(Cl)cc1. The summed E-state index contributed by atoms with van der Waals surface area (Å²) >= 11 is 11.7. The highest BCUT2D eigenvalue weighted by Crippen LogP contribution is 2.26. The van der Waals surface area contributed by atoms with Crippen LogP contribution in [0.5, 0.6) is 0 Å². The number of rotatable bonds is 3. The van der Waals surface area contributed by atoms with E-state index in [1.165, 1.54) is 0 Å². The van der Waals surface area contributed by atoms with Crippen LogP contribution in [0.25, 0.3) is 0 Å². The summed E-state index contributed by atoms with van der Waals surface area (Å²) in [5.74, 6) is 0. The molecule has 0 aliphatic heterocycles. The van der Waals surface area contributed by atoms with E-state index in [2.05, 4.69) is 0 Å². The second-order valence-electron chi connectivity index (χ2n) is 2.93. The highest BCUT2D eigenvalue weighted by atomic mass is 35.5. The first kappa shape index (κ1) is 10.8. The van der Waals surface area contributed by atoms with Crippen LogP contribution in [0.1, 0.15) is 24.3 Å². The van der Waals surface area contributed by atoms with Crippen molar-refractivity contribution in [3.8, 4) is 0 Å². The largest absolute Gasteiger partial charge is 0.391 e. The molecule has 0 radical (unpaired) electrons. The van der Waals surface area contributed by atoms with Crippen LogP contribution in [-0.2, 0) is 0 Å². The van der Waals surface area contributed by atoms with Crippen molar-refractivity contribution in [1.29, 1.82) is 0 Å². The molecule has 0 aliphatic carbocycles. The molecule has 0 aromatic heterocycles. The molecule has 0 fully saturated rings. The second kappa shape index (κ2) is 4.85. The fourth-order valence-electron chi connectivity index (χ4n) is 1.08. The number of aliphatic hydroxyl groups is 1. The average Bonchev–Trinajstić information content (AvgIpc) is 2.17. The van der Waals surface area contributed by atoms with Gasteiger partial charge in [0.15, 0.2) is 0 Å². The lowest BCUT2D eigenvalue weighted by molar-refractivity contribution is 0.165. The molecule has 1 N–H and O–H groups in total. The molecule has 0 saturated carbocycles. The molecule has 72 valence electrons. The van der Waals surface area contributed by atoms with Crippen LogP contribution in [0, 0.1) is 0 Å². The Morgan fingerprint density at radius 3 is 2.31 bits per heavy atom. The first-order valence-electron chi connectivity index (χ1n) is 4.22. The highest BCUT2D eigenvalue weighted by Gasteiger charge is 2.15. The third kappa shape index (κ3) is 2.87. The number of halogens is 2. The first-order valence-corrected chi connectivity index (χ1v) is 5.04. The topological polar surface area (TPSA) is 20.2 Å². The van der Waals surface area contributed by atoms with E-state index < -0.39 is 6.10 Å². The predicted octanol–water partition coefficient (Wildman–Crippen LogP) is 3.39. The van der Waals surface area contributed by atoms with Crippen LogP contribution in [0.4, 0.5) is 0 Å². The Balaban J connectivity index is 2.77. The minimum atomic E-state index is -0.497. The molecule has 13 heavy (non-hydrogen) atoms. The lowest BCUT2D eigenvalue weighted by Crippen LogP contribution is -2.12. The third-order valence-corrected chi connectivity index (χ3v) is 2.74. The molecule has 0 heterocycles. The second-order valence-corrected chi connectivity index (χ2v) is 3.84. The smallest absolute Gasteiger partial charge is 0.0844 e. The summed E-state index contributed by atoms with van der Waals surface area (Å²) in [6.45, 7) is 1.90. The zero-order valence-electron chi connectivity index (χ0n) is 7.37. The van der Waals surface area contributed by atoms with E-state index in [0.29, 0.717) is 11.4 Å². The number of benzene rings is 1. The molecule has 0 spiro atoms. The summed E-state index contributed by atoms with van der Waals surface area (Å²) in [7, 11) is 0. The number of hydrogen-bond acceptors (Lipinski definition) is 1. The molecule has 0 amide bonds. The van der Waals surface area contributed by atoms with Gasteiger partial charge in [-0.3, -0.25) is 0 Å². The van der Waals surface area contributed by atoms with E-state index in [1.54, 1.807) is 12.1 Å². The van der Waals surface area contributed by atoms with E-state index >= 15 is 0 Å². The van der Waals surface area contributed by atoms with Gasteiger partial charge in [0.2, 0.25) is 0 Å². The maximum atomic E-state index is 9.48. The number of alkyl halides is 1. The van der Waals surface area contributed by atoms with Crippen molar-refractivity contribution in [1.82, 2.24) is 0 Å². The zero-order chi connectivity index (χ0) is 9.84. The molecular weight excluding hydrogens is 207 g/mol. The molecule has 0 saturated heterocycles. The Morgan fingerprint density at radius 1 is 1.31 bits per heavy atom. The summed E-state index contributed by atoms with van der Waals surface area (Å²) in [5.41, 5.74) is 0.903. The molecule has 1 nitrogen and oxygen atoms in total. The molecular formula is C10H12Cl2O. The Bertz CT molecular complexity index is 258. The van der Waals surface area contributed by atoms with Gasteiger partial charge in [-0.15, -0.1) is 11.6 Å². The molecule has 3 heteroatoms. The van der Waals surface area contributed by atoms with Gasteiger partial charge in [-0.2, -0.15) is 0 Å². The van der Waals surface area contributed by atoms with Gasteiger partial charge in [0, 0.05) is 5.02 Å². The number of aliphatic hydroxyl groups excluding tert-OH is 1. The van der Waals surface area contributed by atoms with Gasteiger partial charge in [0.1, 0.15) is 0 Å². The lowest BCUT2D eigenvalue weighted by atomic mass is 10.1. The molecule has 0 bridgehead atoms. The van der Waals surface area contributed by atoms with E-state index in [0.717, 1.165) is 5.56 Å². The Kier molecular flexibility index (Phi) is 4.04. The lowest BCUT2D eigenvalue weighted by Gasteiger charge is -2.15. The summed E-state index contributed by atoms with van der Waals surface area (Å²) in [6.07, 6.45) is 0.152. The van der Waals surface area contributed by atoms with E-state index in [4.69, 9.17) is 23.2 Å². The van der Waals surface area contributed by atoms with Gasteiger partial charge in [-0.05, 0) is 24.1 Å². The minimum absolute atomic E-state index is 0.345. The summed E-state index contributed by atoms with van der Waals surface area (Å²) in [4.78, 5) is 0. The quantitative estimate of drug-likeness (QED) is 0.772. The van der Waals surface area contributed by atoms with E-state index in [1.807, 2.05) is 19.1 Å². The van der Waals surface area contributed by atoms with Crippen molar-refractivity contribution in [3.63, 3.8) is 0 Å². The van der Waals surface area contributed by atoms with Gasteiger partial charge in [-0.25, -0.2) is 0 Å². The van der Waals surface area contributed by atoms with E-state index in [9.17, 15) is 5.11 Å². The van der Waals surface area contributed by atoms with Gasteiger partial charge >= 0.3 is 0 Å². The van der Waals surface area contributed by atoms with Crippen molar-refractivity contribution in [3.05, 3.63) is 34.9 Å². The minimum Gasteiger partial charge on any atom is -0.391 e. The number of hydrogen-bond donors (Lipinski definition) is 1. The Labute approximate surface area is 88.3 Å². The molecule has 0 aliphatic rings. The summed E-state index contributed by atoms with van der Waals surface area (Å²) < 4.78 is 0. The monoisotopic (exact) mass is 218 g/mol. The molecule has 1 rings (SSSR count). The van der Waals surface area contributed by atoms with E-state index in [-0.39, 0.29) is 5.38 Å². The van der Waals surface area contributed by atoms with Crippen LogP contribution in [0.3, 0.4) is 0 Å². The summed E-state index contributed by atoms with van der Waals surface area (Å²) in [5, 5.41) is 9.82. The van der Waals surface area contributed by atoms with Gasteiger partial charge in [0.25, 0.3) is 0 Å². The first-order chi connectivity index (χ1) is 6.15. The molecule has 1 aromatic rings. The van der Waals surface area contributed by atoms with Crippen molar-refractivity contribution >= 4 is 23.2 Å². The van der Waals surface area contributed by atoms with Crippen LogP contribution < -0.4 is 0 Å². The zero-order valence-corrected chi connectivity index (χ0v) is 8.89. The van der Waals surface area contributed by atoms with Gasteiger partial charge < -0.3 is 5.11 Å². The normalized spacial score (nSPS) is 15.4. The van der Waals surface area contributed by atoms with Gasteiger partial charge in [0.05, 0.1) is 11.5 Å². The maximum absolute atomic E-state index is 9.48. The van der Waals surface area contributed by atoms with Gasteiger partial charge in [-0.1, -0.05) is 30.7 Å². The van der Waals surface area contributed by atoms with Crippen molar-refractivity contribution in [2.75, 3.05) is 0 Å². The van der Waals surface area contributed by atoms with Crippen molar-refractivity contribution in [2.45, 2.75) is 24.8 Å². The maximum Gasteiger partial charge on any atom is 0.0844 e. The van der Waals surface area contributed by atoms with Crippen LogP contribution in [0.2, 0.25) is 5.02 Å². The third-order valence-electron chi connectivity index (χ3n) is 1.94. The fraction of sp³-hybridized carbons (Fsp3) is 0.400. The Morgan fingerprint density at radius 2 is 1.85 bits per heavy atom. The Hall–Kier alpha value is -0.240. The van der Waals surface area contributed by atoms with Crippen molar-refractivity contribution in [2.24, 2.45) is 0 Å². The van der Waals surface area contributed by atoms with Crippen LogP contribution in [0.15, 0.2) is 24.3 Å². The standard InChI is InChI=1S/C10H12Cl2O/c1-2-9(13)10(12)7-3-5-8(11)6-4-7/h3-6,9-10,13H,2H2,1H3. The summed E-state index contributed by atoms with van der Waals surface area (Å²) in [6, 6.07) is 7.21. The molecule has 2 unspecified atom stereocenters. The fourth-order valence-corrected chi connectivity index (χ4v) is 1.53. The predicted molar refractivity (Wildman–Crippen MR) is 56.3 cm³/mol.